The second kappa shape index (κ2) is 7.98. The maximum atomic E-state index is 12.5. The standard InChI is InChI=1S/C16H19F2N5O2S/c1-9(11-4-3-5-13(8-11)25-15(17)18)19-14(24)10(2)26-16-20-21-22-23(16)12-6-7-12/h3-5,8-10,12,15H,6-7H2,1-2H3,(H,19,24). The van der Waals surface area contributed by atoms with Crippen LogP contribution in [0.15, 0.2) is 29.4 Å². The fraction of sp³-hybridized carbons (Fsp3) is 0.500. The van der Waals surface area contributed by atoms with E-state index in [2.05, 4.69) is 25.6 Å². The Labute approximate surface area is 153 Å². The van der Waals surface area contributed by atoms with Gasteiger partial charge < -0.3 is 10.1 Å². The highest BCUT2D eigenvalue weighted by Gasteiger charge is 2.29. The molecule has 0 saturated heterocycles. The molecule has 1 N–H and O–H groups in total. The fourth-order valence-electron chi connectivity index (χ4n) is 2.40. The first kappa shape index (κ1) is 18.6. The van der Waals surface area contributed by atoms with E-state index in [1.807, 2.05) is 0 Å². The lowest BCUT2D eigenvalue weighted by Gasteiger charge is -2.18. The summed E-state index contributed by atoms with van der Waals surface area (Å²) in [6.45, 7) is 0.670. The van der Waals surface area contributed by atoms with Crippen molar-refractivity contribution in [2.45, 2.75) is 55.8 Å². The van der Waals surface area contributed by atoms with Crippen molar-refractivity contribution in [2.75, 3.05) is 0 Å². The van der Waals surface area contributed by atoms with Crippen LogP contribution >= 0.6 is 11.8 Å². The zero-order valence-electron chi connectivity index (χ0n) is 14.3. The normalized spacial score (nSPS) is 16.3. The Balaban J connectivity index is 1.58. The van der Waals surface area contributed by atoms with E-state index < -0.39 is 11.9 Å². The molecule has 10 heteroatoms. The SMILES string of the molecule is CC(Sc1nnnn1C1CC1)C(=O)NC(C)c1cccc(OC(F)F)c1. The molecule has 1 aliphatic carbocycles. The minimum Gasteiger partial charge on any atom is -0.435 e. The topological polar surface area (TPSA) is 81.9 Å². The molecule has 1 aliphatic rings. The number of nitrogens with zero attached hydrogens (tertiary/aromatic N) is 4. The quantitative estimate of drug-likeness (QED) is 0.706. The third-order valence-corrected chi connectivity index (χ3v) is 5.00. The highest BCUT2D eigenvalue weighted by molar-refractivity contribution is 8.00. The molecular formula is C16H19F2N5O2S. The van der Waals surface area contributed by atoms with E-state index in [9.17, 15) is 13.6 Å². The zero-order chi connectivity index (χ0) is 18.7. The summed E-state index contributed by atoms with van der Waals surface area (Å²) in [4.78, 5) is 12.5. The number of carbonyl (C=O) groups is 1. The molecule has 0 bridgehead atoms. The number of hydrogen-bond acceptors (Lipinski definition) is 6. The Hall–Kier alpha value is -2.23. The van der Waals surface area contributed by atoms with Crippen molar-refractivity contribution in [1.29, 1.82) is 0 Å². The summed E-state index contributed by atoms with van der Waals surface area (Å²) in [7, 11) is 0. The van der Waals surface area contributed by atoms with Gasteiger partial charge in [0, 0.05) is 0 Å². The molecule has 3 rings (SSSR count). The number of ether oxygens (including phenoxy) is 1. The molecule has 0 aliphatic heterocycles. The molecule has 26 heavy (non-hydrogen) atoms. The van der Waals surface area contributed by atoms with Crippen molar-refractivity contribution in [3.63, 3.8) is 0 Å². The van der Waals surface area contributed by atoms with Crippen LogP contribution in [0.4, 0.5) is 8.78 Å². The third-order valence-electron chi connectivity index (χ3n) is 3.95. The van der Waals surface area contributed by atoms with Gasteiger partial charge in [0.1, 0.15) is 5.75 Å². The van der Waals surface area contributed by atoms with Crippen LogP contribution in [0.3, 0.4) is 0 Å². The average Bonchev–Trinajstić information content (AvgIpc) is 3.34. The molecule has 2 unspecified atom stereocenters. The molecule has 0 spiro atoms. The Morgan fingerprint density at radius 1 is 1.38 bits per heavy atom. The monoisotopic (exact) mass is 383 g/mol. The highest BCUT2D eigenvalue weighted by atomic mass is 32.2. The van der Waals surface area contributed by atoms with Crippen LogP contribution in [-0.2, 0) is 4.79 Å². The van der Waals surface area contributed by atoms with Crippen molar-refractivity contribution in [2.24, 2.45) is 0 Å². The van der Waals surface area contributed by atoms with Gasteiger partial charge in [-0.15, -0.1) is 5.10 Å². The van der Waals surface area contributed by atoms with Crippen LogP contribution in [0.2, 0.25) is 0 Å². The van der Waals surface area contributed by atoms with Crippen LogP contribution in [0.1, 0.15) is 44.3 Å². The molecule has 140 valence electrons. The first-order valence-electron chi connectivity index (χ1n) is 8.23. The third kappa shape index (κ3) is 4.69. The number of tetrazole rings is 1. The second-order valence-corrected chi connectivity index (χ2v) is 7.39. The van der Waals surface area contributed by atoms with E-state index in [0.717, 1.165) is 12.8 Å². The molecular weight excluding hydrogens is 364 g/mol. The van der Waals surface area contributed by atoms with Gasteiger partial charge in [-0.25, -0.2) is 4.68 Å². The Kier molecular flexibility index (Phi) is 5.70. The number of aromatic nitrogens is 4. The smallest absolute Gasteiger partial charge is 0.387 e. The number of hydrogen-bond donors (Lipinski definition) is 1. The van der Waals surface area contributed by atoms with E-state index >= 15 is 0 Å². The number of benzene rings is 1. The second-order valence-electron chi connectivity index (χ2n) is 6.08. The summed E-state index contributed by atoms with van der Waals surface area (Å²) in [6.07, 6.45) is 2.10. The molecule has 0 radical (unpaired) electrons. The lowest BCUT2D eigenvalue weighted by Crippen LogP contribution is -2.33. The number of halogens is 2. The highest BCUT2D eigenvalue weighted by Crippen LogP contribution is 2.37. The lowest BCUT2D eigenvalue weighted by atomic mass is 10.1. The van der Waals surface area contributed by atoms with Crippen LogP contribution < -0.4 is 10.1 Å². The molecule has 1 aromatic carbocycles. The Morgan fingerprint density at radius 2 is 2.15 bits per heavy atom. The summed E-state index contributed by atoms with van der Waals surface area (Å²) < 4.78 is 30.8. The van der Waals surface area contributed by atoms with E-state index in [1.54, 1.807) is 30.7 Å². The van der Waals surface area contributed by atoms with Gasteiger partial charge in [0.25, 0.3) is 0 Å². The minimum atomic E-state index is -2.89. The molecule has 2 aromatic rings. The Morgan fingerprint density at radius 3 is 2.85 bits per heavy atom. The zero-order valence-corrected chi connectivity index (χ0v) is 15.1. The number of alkyl halides is 2. The molecule has 2 atom stereocenters. The van der Waals surface area contributed by atoms with Gasteiger partial charge in [0.05, 0.1) is 17.3 Å². The van der Waals surface area contributed by atoms with E-state index in [0.29, 0.717) is 16.8 Å². The van der Waals surface area contributed by atoms with Gasteiger partial charge in [-0.2, -0.15) is 8.78 Å². The predicted octanol–water partition coefficient (Wildman–Crippen LogP) is 2.97. The largest absolute Gasteiger partial charge is 0.435 e. The van der Waals surface area contributed by atoms with Crippen LogP contribution in [0.5, 0.6) is 5.75 Å². The van der Waals surface area contributed by atoms with Gasteiger partial charge in [0.2, 0.25) is 11.1 Å². The van der Waals surface area contributed by atoms with Crippen molar-refractivity contribution in [1.82, 2.24) is 25.5 Å². The molecule has 1 saturated carbocycles. The minimum absolute atomic E-state index is 0.0598. The molecule has 1 amide bonds. The van der Waals surface area contributed by atoms with Gasteiger partial charge in [-0.05, 0) is 54.8 Å². The summed E-state index contributed by atoms with van der Waals surface area (Å²) in [5.41, 5.74) is 0.677. The predicted molar refractivity (Wildman–Crippen MR) is 91.0 cm³/mol. The van der Waals surface area contributed by atoms with Gasteiger partial charge in [-0.1, -0.05) is 23.9 Å². The summed E-state index contributed by atoms with van der Waals surface area (Å²) in [5, 5.41) is 14.7. The summed E-state index contributed by atoms with van der Waals surface area (Å²) in [5.74, 6) is -0.127. The molecule has 1 heterocycles. The van der Waals surface area contributed by atoms with Crippen LogP contribution in [0, 0.1) is 0 Å². The Bertz CT molecular complexity index is 769. The van der Waals surface area contributed by atoms with Crippen LogP contribution in [-0.4, -0.2) is 38.0 Å². The van der Waals surface area contributed by atoms with E-state index in [4.69, 9.17) is 0 Å². The number of amides is 1. The maximum Gasteiger partial charge on any atom is 0.387 e. The molecule has 1 fully saturated rings. The first-order valence-corrected chi connectivity index (χ1v) is 9.11. The maximum absolute atomic E-state index is 12.5. The molecule has 7 nitrogen and oxygen atoms in total. The van der Waals surface area contributed by atoms with Crippen molar-refractivity contribution in [3.8, 4) is 5.75 Å². The van der Waals surface area contributed by atoms with Crippen molar-refractivity contribution in [3.05, 3.63) is 29.8 Å². The number of carbonyl (C=O) groups excluding carboxylic acids is 1. The lowest BCUT2D eigenvalue weighted by molar-refractivity contribution is -0.120. The van der Waals surface area contributed by atoms with Crippen molar-refractivity contribution < 1.29 is 18.3 Å². The summed E-state index contributed by atoms with van der Waals surface area (Å²) in [6, 6.07) is 6.26. The summed E-state index contributed by atoms with van der Waals surface area (Å²) >= 11 is 1.29. The van der Waals surface area contributed by atoms with Gasteiger partial charge in [-0.3, -0.25) is 4.79 Å². The fourth-order valence-corrected chi connectivity index (χ4v) is 3.27. The number of rotatable bonds is 8. The van der Waals surface area contributed by atoms with E-state index in [1.165, 1.54) is 23.9 Å². The van der Waals surface area contributed by atoms with Crippen LogP contribution in [0.25, 0.3) is 0 Å². The first-order chi connectivity index (χ1) is 12.4. The number of nitrogens with one attached hydrogen (secondary N) is 1. The van der Waals surface area contributed by atoms with E-state index in [-0.39, 0.29) is 17.7 Å². The average molecular weight is 383 g/mol. The number of thioether (sulfide) groups is 1. The van der Waals surface area contributed by atoms with Crippen molar-refractivity contribution >= 4 is 17.7 Å². The van der Waals surface area contributed by atoms with Gasteiger partial charge in [0.15, 0.2) is 0 Å². The molecule has 1 aromatic heterocycles. The van der Waals surface area contributed by atoms with Gasteiger partial charge >= 0.3 is 6.61 Å².